The van der Waals surface area contributed by atoms with Crippen molar-refractivity contribution in [3.8, 4) is 0 Å². The van der Waals surface area contributed by atoms with E-state index in [1.165, 1.54) is 0 Å². The molecule has 0 aliphatic carbocycles. The molecule has 0 saturated heterocycles. The average Bonchev–Trinajstić information content (AvgIpc) is 2.48. The van der Waals surface area contributed by atoms with Gasteiger partial charge in [-0.3, -0.25) is 9.20 Å². The summed E-state index contributed by atoms with van der Waals surface area (Å²) in [4.78, 5) is 4.45. The Morgan fingerprint density at radius 3 is 3.00 bits per heavy atom. The van der Waals surface area contributed by atoms with Gasteiger partial charge in [0.15, 0.2) is 5.17 Å². The summed E-state index contributed by atoms with van der Waals surface area (Å²) < 4.78 is 10.9. The molecular weight excluding hydrogens is 216 g/mol. The van der Waals surface area contributed by atoms with E-state index in [1.54, 1.807) is 18.0 Å². The van der Waals surface area contributed by atoms with Gasteiger partial charge in [-0.1, -0.05) is 11.8 Å². The molecule has 0 aromatic rings. The van der Waals surface area contributed by atoms with Crippen molar-refractivity contribution in [2.24, 2.45) is 4.99 Å². The van der Waals surface area contributed by atoms with Gasteiger partial charge in [-0.25, -0.2) is 0 Å². The Morgan fingerprint density at radius 2 is 2.50 bits per heavy atom. The molecule has 1 aliphatic rings. The molecule has 0 aromatic heterocycles. The molecule has 0 radical (unpaired) electrons. The van der Waals surface area contributed by atoms with E-state index in [9.17, 15) is 4.21 Å². The molecule has 5 heteroatoms. The summed E-state index contributed by atoms with van der Waals surface area (Å²) in [7, 11) is -0.683. The van der Waals surface area contributed by atoms with Crippen LogP contribution in [0.15, 0.2) is 4.99 Å². The minimum atomic E-state index is -0.683. The fraction of sp³-hybridized carbons (Fsp3) is 0.889. The highest BCUT2D eigenvalue weighted by Crippen LogP contribution is 2.16. The van der Waals surface area contributed by atoms with Gasteiger partial charge in [-0.05, 0) is 20.3 Å². The summed E-state index contributed by atoms with van der Waals surface area (Å²) in [5.41, 5.74) is 0. The summed E-state index contributed by atoms with van der Waals surface area (Å²) in [5, 5.41) is 4.39. The second kappa shape index (κ2) is 5.75. The van der Waals surface area contributed by atoms with E-state index < -0.39 is 10.8 Å². The zero-order valence-corrected chi connectivity index (χ0v) is 10.6. The van der Waals surface area contributed by atoms with Crippen molar-refractivity contribution in [1.29, 1.82) is 0 Å². The predicted molar refractivity (Wildman–Crippen MR) is 65.5 cm³/mol. The van der Waals surface area contributed by atoms with Crippen LogP contribution in [0.5, 0.6) is 0 Å². The Morgan fingerprint density at radius 1 is 1.79 bits per heavy atom. The first kappa shape index (κ1) is 12.0. The fourth-order valence-corrected chi connectivity index (χ4v) is 2.88. The molecule has 3 atom stereocenters. The summed E-state index contributed by atoms with van der Waals surface area (Å²) in [5.74, 6) is 1.84. The zero-order valence-electron chi connectivity index (χ0n) is 8.95. The molecule has 1 heterocycles. The lowest BCUT2D eigenvalue weighted by molar-refractivity contribution is 0.636. The highest BCUT2D eigenvalue weighted by molar-refractivity contribution is 8.14. The topological polar surface area (TPSA) is 41.5 Å². The van der Waals surface area contributed by atoms with Crippen molar-refractivity contribution in [3.63, 3.8) is 0 Å². The number of aliphatic imine (C=N–C) groups is 1. The molecule has 0 fully saturated rings. The Labute approximate surface area is 92.6 Å². The minimum Gasteiger partial charge on any atom is -0.362 e. The SMILES string of the molecule is CC1CSC(NC(C)CCS(C)=O)=N1. The predicted octanol–water partition coefficient (Wildman–Crippen LogP) is 1.22. The van der Waals surface area contributed by atoms with Crippen LogP contribution in [0.25, 0.3) is 0 Å². The number of nitrogens with zero attached hydrogens (tertiary/aromatic N) is 1. The van der Waals surface area contributed by atoms with Crippen LogP contribution >= 0.6 is 11.8 Å². The fourth-order valence-electron chi connectivity index (χ4n) is 1.18. The van der Waals surface area contributed by atoms with Gasteiger partial charge in [0, 0.05) is 34.6 Å². The van der Waals surface area contributed by atoms with E-state index in [2.05, 4.69) is 24.2 Å². The van der Waals surface area contributed by atoms with Crippen LogP contribution in [-0.2, 0) is 10.8 Å². The van der Waals surface area contributed by atoms with E-state index >= 15 is 0 Å². The monoisotopic (exact) mass is 234 g/mol. The van der Waals surface area contributed by atoms with Crippen LogP contribution in [0.2, 0.25) is 0 Å². The van der Waals surface area contributed by atoms with Crippen LogP contribution in [0.4, 0.5) is 0 Å². The zero-order chi connectivity index (χ0) is 10.6. The maximum Gasteiger partial charge on any atom is 0.157 e. The molecule has 3 nitrogen and oxygen atoms in total. The third-order valence-corrected chi connectivity index (χ3v) is 3.96. The quantitative estimate of drug-likeness (QED) is 0.795. The summed E-state index contributed by atoms with van der Waals surface area (Å²) in [6.07, 6.45) is 2.69. The molecule has 1 aliphatic heterocycles. The first-order valence-electron chi connectivity index (χ1n) is 4.85. The second-order valence-corrected chi connectivity index (χ2v) is 6.27. The van der Waals surface area contributed by atoms with Crippen molar-refractivity contribution in [2.75, 3.05) is 17.8 Å². The Kier molecular flexibility index (Phi) is 4.95. The lowest BCUT2D eigenvalue weighted by atomic mass is 10.3. The van der Waals surface area contributed by atoms with Crippen LogP contribution in [0.3, 0.4) is 0 Å². The summed E-state index contributed by atoms with van der Waals surface area (Å²) >= 11 is 1.78. The van der Waals surface area contributed by atoms with E-state index in [0.29, 0.717) is 12.1 Å². The Hall–Kier alpha value is -0.0300. The number of hydrogen-bond acceptors (Lipinski definition) is 4. The molecule has 0 amide bonds. The summed E-state index contributed by atoms with van der Waals surface area (Å²) in [6.45, 7) is 4.23. The van der Waals surface area contributed by atoms with Crippen LogP contribution in [0, 0.1) is 0 Å². The van der Waals surface area contributed by atoms with Gasteiger partial charge in [0.25, 0.3) is 0 Å². The van der Waals surface area contributed by atoms with Crippen LogP contribution in [0.1, 0.15) is 20.3 Å². The normalized spacial score (nSPS) is 25.6. The maximum atomic E-state index is 10.9. The van der Waals surface area contributed by atoms with Crippen molar-refractivity contribution in [1.82, 2.24) is 5.32 Å². The lowest BCUT2D eigenvalue weighted by Crippen LogP contribution is -2.30. The molecule has 0 spiro atoms. The third kappa shape index (κ3) is 4.46. The van der Waals surface area contributed by atoms with Gasteiger partial charge in [0.1, 0.15) is 0 Å². The van der Waals surface area contributed by atoms with Crippen molar-refractivity contribution in [2.45, 2.75) is 32.4 Å². The largest absolute Gasteiger partial charge is 0.362 e. The van der Waals surface area contributed by atoms with Gasteiger partial charge < -0.3 is 5.32 Å². The minimum absolute atomic E-state index is 0.371. The Bertz CT molecular complexity index is 243. The number of hydrogen-bond donors (Lipinski definition) is 1. The van der Waals surface area contributed by atoms with Gasteiger partial charge in [-0.15, -0.1) is 0 Å². The number of thioether (sulfide) groups is 1. The molecule has 1 rings (SSSR count). The standard InChI is InChI=1S/C9H18N2OS2/c1-7(4-5-14(3)12)10-9-11-8(2)6-13-9/h7-8H,4-6H2,1-3H3,(H,10,11). The van der Waals surface area contributed by atoms with E-state index in [4.69, 9.17) is 0 Å². The maximum absolute atomic E-state index is 10.9. The van der Waals surface area contributed by atoms with Gasteiger partial charge >= 0.3 is 0 Å². The molecule has 14 heavy (non-hydrogen) atoms. The second-order valence-electron chi connectivity index (χ2n) is 3.71. The van der Waals surface area contributed by atoms with Crippen molar-refractivity contribution < 1.29 is 4.21 Å². The van der Waals surface area contributed by atoms with Gasteiger partial charge in [-0.2, -0.15) is 0 Å². The van der Waals surface area contributed by atoms with Gasteiger partial charge in [0.2, 0.25) is 0 Å². The highest BCUT2D eigenvalue weighted by atomic mass is 32.2. The Balaban J connectivity index is 2.23. The first-order valence-corrected chi connectivity index (χ1v) is 7.56. The summed E-state index contributed by atoms with van der Waals surface area (Å²) in [6, 6.07) is 0.811. The van der Waals surface area contributed by atoms with Crippen molar-refractivity contribution >= 4 is 27.7 Å². The molecule has 1 N–H and O–H groups in total. The van der Waals surface area contributed by atoms with E-state index in [1.807, 2.05) is 0 Å². The van der Waals surface area contributed by atoms with Gasteiger partial charge in [0.05, 0.1) is 6.04 Å². The van der Waals surface area contributed by atoms with E-state index in [-0.39, 0.29) is 0 Å². The average molecular weight is 234 g/mol. The molecule has 0 aromatic carbocycles. The van der Waals surface area contributed by atoms with Crippen molar-refractivity contribution in [3.05, 3.63) is 0 Å². The molecule has 82 valence electrons. The molecule has 0 bridgehead atoms. The number of nitrogens with one attached hydrogen (secondary N) is 1. The number of rotatable bonds is 4. The first-order chi connectivity index (χ1) is 6.58. The van der Waals surface area contributed by atoms with Crippen LogP contribution < -0.4 is 5.32 Å². The lowest BCUT2D eigenvalue weighted by Gasteiger charge is -2.13. The smallest absolute Gasteiger partial charge is 0.157 e. The molecule has 0 saturated carbocycles. The number of amidine groups is 1. The van der Waals surface area contributed by atoms with Crippen LogP contribution in [-0.4, -0.2) is 39.2 Å². The molecular formula is C9H18N2OS2. The third-order valence-electron chi connectivity index (χ3n) is 2.01. The van der Waals surface area contributed by atoms with E-state index in [0.717, 1.165) is 23.1 Å². The molecule has 3 unspecified atom stereocenters. The highest BCUT2D eigenvalue weighted by Gasteiger charge is 2.15.